The molecule has 0 aromatic carbocycles. The Balaban J connectivity index is 4.12. The predicted octanol–water partition coefficient (Wildman–Crippen LogP) is 9.73. The van der Waals surface area contributed by atoms with E-state index in [1.807, 2.05) is 12.2 Å². The summed E-state index contributed by atoms with van der Waals surface area (Å²) in [7, 11) is -4.34. The minimum atomic E-state index is -4.34. The lowest BCUT2D eigenvalue weighted by Gasteiger charge is -2.23. The summed E-state index contributed by atoms with van der Waals surface area (Å²) >= 11 is 0. The average molecular weight is 636 g/mol. The van der Waals surface area contributed by atoms with Crippen LogP contribution < -0.4 is 5.32 Å². The van der Waals surface area contributed by atoms with Gasteiger partial charge in [0.2, 0.25) is 5.91 Å². The van der Waals surface area contributed by atoms with Gasteiger partial charge in [-0.1, -0.05) is 164 Å². The van der Waals surface area contributed by atoms with Crippen molar-refractivity contribution < 1.29 is 22.9 Å². The van der Waals surface area contributed by atoms with E-state index in [-0.39, 0.29) is 12.3 Å². The molecule has 3 N–H and O–H groups in total. The Hall–Kier alpha value is -1.96. The van der Waals surface area contributed by atoms with E-state index in [0.717, 1.165) is 44.9 Å². The highest BCUT2D eigenvalue weighted by atomic mass is 32.2. The summed E-state index contributed by atoms with van der Waals surface area (Å²) in [5.41, 5.74) is 0. The monoisotopic (exact) mass is 635 g/mol. The van der Waals surface area contributed by atoms with Crippen molar-refractivity contribution in [2.45, 2.75) is 161 Å². The van der Waals surface area contributed by atoms with Crippen molar-refractivity contribution in [3.63, 3.8) is 0 Å². The third-order valence-corrected chi connectivity index (χ3v) is 8.30. The Morgan fingerprint density at radius 1 is 0.614 bits per heavy atom. The highest BCUT2D eigenvalue weighted by molar-refractivity contribution is 7.85. The Bertz CT molecular complexity index is 920. The molecule has 0 aromatic heterocycles. The van der Waals surface area contributed by atoms with Crippen molar-refractivity contribution in [1.29, 1.82) is 0 Å². The van der Waals surface area contributed by atoms with Crippen LogP contribution in [0.3, 0.4) is 0 Å². The van der Waals surface area contributed by atoms with Gasteiger partial charge < -0.3 is 10.4 Å². The quantitative estimate of drug-likeness (QED) is 0.0414. The molecule has 0 aliphatic heterocycles. The van der Waals surface area contributed by atoms with E-state index in [1.165, 1.54) is 70.6 Å². The summed E-state index contributed by atoms with van der Waals surface area (Å²) in [5.74, 6) is -1.07. The third-order valence-electron chi connectivity index (χ3n) is 7.52. The highest BCUT2D eigenvalue weighted by Gasteiger charge is 2.25. The fourth-order valence-electron chi connectivity index (χ4n) is 4.93. The third kappa shape index (κ3) is 31.5. The van der Waals surface area contributed by atoms with Crippen LogP contribution in [0.4, 0.5) is 0 Å². The number of hydrogen-bond donors (Lipinski definition) is 3. The van der Waals surface area contributed by atoms with Crippen LogP contribution in [0.15, 0.2) is 60.8 Å². The largest absolute Gasteiger partial charge is 0.391 e. The van der Waals surface area contributed by atoms with Crippen LogP contribution in [-0.2, 0) is 14.9 Å². The second kappa shape index (κ2) is 31.0. The van der Waals surface area contributed by atoms with Crippen molar-refractivity contribution in [1.82, 2.24) is 5.32 Å². The van der Waals surface area contributed by atoms with Crippen LogP contribution in [0.2, 0.25) is 0 Å². The molecule has 44 heavy (non-hydrogen) atoms. The number of aliphatic hydroxyl groups excluding tert-OH is 1. The zero-order valence-corrected chi connectivity index (χ0v) is 28.8. The Morgan fingerprint density at radius 2 is 1.00 bits per heavy atom. The van der Waals surface area contributed by atoms with Crippen LogP contribution in [0.25, 0.3) is 0 Å². The molecule has 0 saturated heterocycles. The molecular formula is C37H65NO5S. The lowest BCUT2D eigenvalue weighted by Crippen LogP contribution is -2.47. The summed E-state index contributed by atoms with van der Waals surface area (Å²) in [6.45, 7) is 4.38. The molecule has 1 amide bonds. The maximum atomic E-state index is 12.4. The molecule has 0 aliphatic carbocycles. The molecule has 0 heterocycles. The van der Waals surface area contributed by atoms with Gasteiger partial charge in [0.25, 0.3) is 10.1 Å². The Kier molecular flexibility index (Phi) is 29.7. The summed E-state index contributed by atoms with van der Waals surface area (Å²) in [6.07, 6.45) is 41.9. The predicted molar refractivity (Wildman–Crippen MR) is 188 cm³/mol. The molecule has 0 aromatic rings. The lowest BCUT2D eigenvalue weighted by molar-refractivity contribution is -0.121. The smallest absolute Gasteiger partial charge is 0.266 e. The van der Waals surface area contributed by atoms with Gasteiger partial charge in [-0.15, -0.1) is 0 Å². The Labute approximate surface area is 271 Å². The maximum absolute atomic E-state index is 12.4. The van der Waals surface area contributed by atoms with Crippen molar-refractivity contribution in [2.24, 2.45) is 0 Å². The maximum Gasteiger partial charge on any atom is 0.266 e. The normalized spacial score (nSPS) is 14.2. The number of rotatable bonds is 30. The number of unbranched alkanes of at least 4 members (excludes halogenated alkanes) is 13. The first kappa shape index (κ1) is 42.0. The molecule has 0 radical (unpaired) electrons. The van der Waals surface area contributed by atoms with E-state index in [9.17, 15) is 22.9 Å². The molecule has 6 nitrogen and oxygen atoms in total. The first-order chi connectivity index (χ1) is 21.3. The van der Waals surface area contributed by atoms with Crippen molar-refractivity contribution >= 4 is 16.0 Å². The number of carbonyl (C=O) groups excluding carboxylic acids is 1. The van der Waals surface area contributed by atoms with Gasteiger partial charge in [-0.05, 0) is 38.5 Å². The number of allylic oxidation sites excluding steroid dienone is 9. The van der Waals surface area contributed by atoms with E-state index in [2.05, 4.69) is 61.7 Å². The van der Waals surface area contributed by atoms with Gasteiger partial charge >= 0.3 is 0 Å². The standard InChI is InChI=1S/C37H65NO5S/c1-3-5-7-9-11-13-15-17-19-21-23-25-27-29-31-33-37(40)38-35(34-44(41,42)43)36(39)32-30-28-26-24-22-20-18-16-14-12-10-8-6-4-2/h5,7,11,13,17,19,23,25,29,31,35-36,39H,3-4,6,8-10,12,14-16,18,20-22,24,26-28,30,32-34H2,1-2H3,(H,38,40)(H,41,42,43)/b7-5-,13-11-,19-17-,25-23-,31-29-. The molecular weight excluding hydrogens is 570 g/mol. The van der Waals surface area contributed by atoms with Crippen molar-refractivity contribution in [2.75, 3.05) is 5.75 Å². The second-order valence-corrected chi connectivity index (χ2v) is 13.3. The minimum Gasteiger partial charge on any atom is -0.391 e. The first-order valence-electron chi connectivity index (χ1n) is 17.5. The second-order valence-electron chi connectivity index (χ2n) is 11.8. The molecule has 0 spiro atoms. The van der Waals surface area contributed by atoms with Gasteiger partial charge in [0, 0.05) is 6.42 Å². The van der Waals surface area contributed by atoms with Gasteiger partial charge in [-0.3, -0.25) is 9.35 Å². The molecule has 0 bridgehead atoms. The van der Waals surface area contributed by atoms with Crippen molar-refractivity contribution in [3.8, 4) is 0 Å². The number of nitrogens with one attached hydrogen (secondary N) is 1. The van der Waals surface area contributed by atoms with Gasteiger partial charge in [0.15, 0.2) is 0 Å². The summed E-state index contributed by atoms with van der Waals surface area (Å²) in [5, 5.41) is 13.2. The number of amides is 1. The molecule has 0 fully saturated rings. The molecule has 0 saturated carbocycles. The Morgan fingerprint density at radius 3 is 1.41 bits per heavy atom. The summed E-state index contributed by atoms with van der Waals surface area (Å²) in [6, 6.07) is -1.03. The molecule has 0 aliphatic rings. The van der Waals surface area contributed by atoms with E-state index in [4.69, 9.17) is 0 Å². The zero-order valence-electron chi connectivity index (χ0n) is 28.0. The van der Waals surface area contributed by atoms with Crippen LogP contribution in [-0.4, -0.2) is 41.9 Å². The first-order valence-corrected chi connectivity index (χ1v) is 19.1. The van der Waals surface area contributed by atoms with Crippen molar-refractivity contribution in [3.05, 3.63) is 60.8 Å². The van der Waals surface area contributed by atoms with E-state index >= 15 is 0 Å². The van der Waals surface area contributed by atoms with Gasteiger partial charge in [0.1, 0.15) is 0 Å². The molecule has 0 rings (SSSR count). The van der Waals surface area contributed by atoms with Crippen LogP contribution in [0.1, 0.15) is 149 Å². The number of hydrogen-bond acceptors (Lipinski definition) is 4. The van der Waals surface area contributed by atoms with Gasteiger partial charge in [-0.25, -0.2) is 0 Å². The SMILES string of the molecule is CC/C=C\C/C=C\C/C=C\C/C=C\C/C=C\CC(=O)NC(CS(=O)(=O)O)C(O)CCCCCCCCCCCCCCCC. The topological polar surface area (TPSA) is 104 Å². The molecule has 2 unspecified atom stereocenters. The minimum absolute atomic E-state index is 0.0844. The summed E-state index contributed by atoms with van der Waals surface area (Å²) < 4.78 is 32.3. The lowest BCUT2D eigenvalue weighted by atomic mass is 10.0. The fourth-order valence-corrected chi connectivity index (χ4v) is 5.69. The number of carbonyl (C=O) groups is 1. The molecule has 7 heteroatoms. The van der Waals surface area contributed by atoms with Crippen LogP contribution in [0.5, 0.6) is 0 Å². The average Bonchev–Trinajstić information content (AvgIpc) is 2.98. The summed E-state index contributed by atoms with van der Waals surface area (Å²) in [4.78, 5) is 12.4. The zero-order chi connectivity index (χ0) is 32.6. The number of aliphatic hydroxyl groups is 1. The van der Waals surface area contributed by atoms with E-state index in [1.54, 1.807) is 6.08 Å². The van der Waals surface area contributed by atoms with Gasteiger partial charge in [-0.2, -0.15) is 8.42 Å². The fraction of sp³-hybridized carbons (Fsp3) is 0.703. The van der Waals surface area contributed by atoms with Crippen LogP contribution >= 0.6 is 0 Å². The van der Waals surface area contributed by atoms with Gasteiger partial charge in [0.05, 0.1) is 17.9 Å². The molecule has 2 atom stereocenters. The van der Waals surface area contributed by atoms with E-state index in [0.29, 0.717) is 12.8 Å². The highest BCUT2D eigenvalue weighted by Crippen LogP contribution is 2.15. The van der Waals surface area contributed by atoms with Crippen LogP contribution in [0, 0.1) is 0 Å². The molecule has 254 valence electrons. The van der Waals surface area contributed by atoms with E-state index < -0.39 is 28.0 Å².